The van der Waals surface area contributed by atoms with E-state index in [9.17, 15) is 0 Å². The number of nitrogens with zero attached hydrogens (tertiary/aromatic N) is 2. The zero-order valence-corrected chi connectivity index (χ0v) is 14.8. The third-order valence-electron chi connectivity index (χ3n) is 5.05. The summed E-state index contributed by atoms with van der Waals surface area (Å²) in [6.07, 6.45) is 3.25. The van der Waals surface area contributed by atoms with Crippen molar-refractivity contribution < 1.29 is 4.57 Å². The van der Waals surface area contributed by atoms with E-state index in [1.54, 1.807) is 0 Å². The smallest absolute Gasteiger partial charge is 0.233 e. The van der Waals surface area contributed by atoms with Gasteiger partial charge in [0.05, 0.1) is 18.8 Å². The fourth-order valence-electron chi connectivity index (χ4n) is 3.80. The lowest BCUT2D eigenvalue weighted by Gasteiger charge is -2.10. The molecule has 0 saturated carbocycles. The third kappa shape index (κ3) is 2.25. The highest BCUT2D eigenvalue weighted by Gasteiger charge is 2.30. The molecule has 0 unspecified atom stereocenters. The molecule has 1 aliphatic rings. The summed E-state index contributed by atoms with van der Waals surface area (Å²) in [5.41, 5.74) is 9.17. The minimum absolute atomic E-state index is 0.541. The van der Waals surface area contributed by atoms with Crippen LogP contribution in [0.15, 0.2) is 48.7 Å². The first-order valence-corrected chi connectivity index (χ1v) is 8.64. The summed E-state index contributed by atoms with van der Waals surface area (Å²) in [5.74, 6) is 1.58. The van der Waals surface area contributed by atoms with Gasteiger partial charge >= 0.3 is 5.82 Å². The first-order valence-electron chi connectivity index (χ1n) is 8.64. The van der Waals surface area contributed by atoms with E-state index in [1.807, 2.05) is 0 Å². The zero-order valence-electron chi connectivity index (χ0n) is 14.8. The predicted molar refractivity (Wildman–Crippen MR) is 97.9 cm³/mol. The second kappa shape index (κ2) is 5.55. The number of aromatic nitrogens is 2. The lowest BCUT2D eigenvalue weighted by atomic mass is 9.94. The van der Waals surface area contributed by atoms with Gasteiger partial charge < -0.3 is 0 Å². The van der Waals surface area contributed by atoms with Gasteiger partial charge in [0.1, 0.15) is 0 Å². The first-order chi connectivity index (χ1) is 11.6. The topological polar surface area (TPSA) is 16.8 Å². The average molecular weight is 315 g/mol. The number of benzene rings is 2. The van der Waals surface area contributed by atoms with Crippen molar-refractivity contribution >= 4 is 0 Å². The molecule has 2 aromatic carbocycles. The molecule has 4 rings (SSSR count). The predicted octanol–water partition coefficient (Wildman–Crippen LogP) is 4.58. The van der Waals surface area contributed by atoms with Gasteiger partial charge in [-0.15, -0.1) is 0 Å². The number of aryl methyl sites for hydroxylation is 2. The first kappa shape index (κ1) is 15.1. The van der Waals surface area contributed by atoms with Crippen LogP contribution >= 0.6 is 0 Å². The fourth-order valence-corrected chi connectivity index (χ4v) is 3.80. The minimum atomic E-state index is 0.541. The van der Waals surface area contributed by atoms with E-state index in [0.717, 1.165) is 17.9 Å². The van der Waals surface area contributed by atoms with Crippen molar-refractivity contribution in [2.45, 2.75) is 33.1 Å². The lowest BCUT2D eigenvalue weighted by Crippen LogP contribution is -2.33. The number of rotatable bonds is 2. The molecule has 0 fully saturated rings. The minimum Gasteiger partial charge on any atom is -0.233 e. The zero-order chi connectivity index (χ0) is 16.8. The summed E-state index contributed by atoms with van der Waals surface area (Å²) in [5, 5.41) is 0. The van der Waals surface area contributed by atoms with Crippen LogP contribution in [0.25, 0.3) is 22.6 Å². The van der Waals surface area contributed by atoms with Gasteiger partial charge in [-0.1, -0.05) is 50.2 Å². The van der Waals surface area contributed by atoms with E-state index < -0.39 is 0 Å². The van der Waals surface area contributed by atoms with Crippen LogP contribution in [0.3, 0.4) is 0 Å². The molecular weight excluding hydrogens is 292 g/mol. The van der Waals surface area contributed by atoms with Gasteiger partial charge in [-0.2, -0.15) is 0 Å². The molecule has 120 valence electrons. The highest BCUT2D eigenvalue weighted by atomic mass is 15.0. The van der Waals surface area contributed by atoms with E-state index in [0.29, 0.717) is 5.92 Å². The Morgan fingerprint density at radius 1 is 1.00 bits per heavy atom. The van der Waals surface area contributed by atoms with E-state index >= 15 is 0 Å². The maximum Gasteiger partial charge on any atom is 0.331 e. The monoisotopic (exact) mass is 315 g/mol. The normalized spacial score (nSPS) is 12.4. The van der Waals surface area contributed by atoms with Crippen molar-refractivity contribution in [1.29, 1.82) is 0 Å². The number of fused-ring (bicyclic) bond motifs is 3. The molecule has 0 N–H and O–H groups in total. The molecule has 0 bridgehead atoms. The summed E-state index contributed by atoms with van der Waals surface area (Å²) in [7, 11) is 2.10. The third-order valence-corrected chi connectivity index (χ3v) is 5.05. The van der Waals surface area contributed by atoms with E-state index in [2.05, 4.69) is 81.0 Å². The quantitative estimate of drug-likeness (QED) is 0.495. The Hall–Kier alpha value is -2.48. The van der Waals surface area contributed by atoms with Crippen LogP contribution in [0.1, 0.15) is 42.0 Å². The Balaban J connectivity index is 1.93. The molecule has 2 heteroatoms. The van der Waals surface area contributed by atoms with Crippen molar-refractivity contribution in [3.8, 4) is 22.6 Å². The van der Waals surface area contributed by atoms with Crippen LogP contribution in [-0.2, 0) is 13.5 Å². The second-order valence-corrected chi connectivity index (χ2v) is 7.07. The summed E-state index contributed by atoms with van der Waals surface area (Å²) in [4.78, 5) is 5.09. The maximum atomic E-state index is 5.09. The van der Waals surface area contributed by atoms with Crippen LogP contribution in [-0.4, -0.2) is 4.98 Å². The van der Waals surface area contributed by atoms with Gasteiger partial charge in [0.25, 0.3) is 0 Å². The molecular formula is C22H23N2+. The van der Waals surface area contributed by atoms with E-state index in [1.165, 1.54) is 33.4 Å². The Morgan fingerprint density at radius 2 is 1.75 bits per heavy atom. The van der Waals surface area contributed by atoms with Gasteiger partial charge in [0, 0.05) is 17.5 Å². The molecule has 1 aromatic heterocycles. The van der Waals surface area contributed by atoms with Crippen molar-refractivity contribution in [2.75, 3.05) is 0 Å². The second-order valence-electron chi connectivity index (χ2n) is 7.07. The molecule has 0 saturated heterocycles. The average Bonchev–Trinajstić information content (AvgIpc) is 2.91. The molecule has 1 heterocycles. The van der Waals surface area contributed by atoms with Crippen LogP contribution < -0.4 is 4.57 Å². The Labute approximate surface area is 143 Å². The number of hydrogen-bond acceptors (Lipinski definition) is 1. The van der Waals surface area contributed by atoms with Crippen molar-refractivity contribution in [3.63, 3.8) is 0 Å². The maximum absolute atomic E-state index is 5.09. The molecule has 1 aliphatic carbocycles. The standard InChI is InChI=1S/C22H23N2/c1-14(2)17-10-7-11-19-20(17)12-16-13-24(4)22(23-21(16)19)18-9-6-5-8-15(18)3/h5-11,13-14H,12H2,1-4H3/q+1. The summed E-state index contributed by atoms with van der Waals surface area (Å²) < 4.78 is 2.17. The Morgan fingerprint density at radius 3 is 2.50 bits per heavy atom. The molecule has 0 aliphatic heterocycles. The summed E-state index contributed by atoms with van der Waals surface area (Å²) >= 11 is 0. The van der Waals surface area contributed by atoms with E-state index in [4.69, 9.17) is 4.98 Å². The molecule has 0 amide bonds. The largest absolute Gasteiger partial charge is 0.331 e. The van der Waals surface area contributed by atoms with Gasteiger partial charge in [-0.05, 0) is 40.6 Å². The van der Waals surface area contributed by atoms with Gasteiger partial charge in [0.2, 0.25) is 0 Å². The SMILES string of the molecule is Cc1ccccc1-c1nc2c(c[n+]1C)Cc1c-2cccc1C(C)C. The van der Waals surface area contributed by atoms with Crippen LogP contribution in [0, 0.1) is 6.92 Å². The fraction of sp³-hybridized carbons (Fsp3) is 0.273. The number of hydrogen-bond donors (Lipinski definition) is 0. The molecule has 2 nitrogen and oxygen atoms in total. The molecule has 0 atom stereocenters. The molecule has 3 aromatic rings. The highest BCUT2D eigenvalue weighted by Crippen LogP contribution is 2.39. The molecule has 0 radical (unpaired) electrons. The summed E-state index contributed by atoms with van der Waals surface area (Å²) in [6, 6.07) is 15.1. The van der Waals surface area contributed by atoms with Crippen molar-refractivity contribution in [2.24, 2.45) is 7.05 Å². The van der Waals surface area contributed by atoms with Crippen LogP contribution in [0.5, 0.6) is 0 Å². The van der Waals surface area contributed by atoms with Gasteiger partial charge in [-0.25, -0.2) is 4.57 Å². The molecule has 24 heavy (non-hydrogen) atoms. The van der Waals surface area contributed by atoms with Gasteiger partial charge in [-0.3, -0.25) is 0 Å². The Kier molecular flexibility index (Phi) is 3.49. The lowest BCUT2D eigenvalue weighted by molar-refractivity contribution is -0.663. The summed E-state index contributed by atoms with van der Waals surface area (Å²) in [6.45, 7) is 6.69. The van der Waals surface area contributed by atoms with Gasteiger partial charge in [0.15, 0.2) is 5.69 Å². The van der Waals surface area contributed by atoms with Crippen LogP contribution in [0.4, 0.5) is 0 Å². The highest BCUT2D eigenvalue weighted by molar-refractivity contribution is 5.76. The van der Waals surface area contributed by atoms with Crippen molar-refractivity contribution in [3.05, 3.63) is 70.9 Å². The molecule has 0 spiro atoms. The van der Waals surface area contributed by atoms with Crippen LogP contribution in [0.2, 0.25) is 0 Å². The Bertz CT molecular complexity index is 939. The van der Waals surface area contributed by atoms with Crippen molar-refractivity contribution in [1.82, 2.24) is 4.98 Å². The van der Waals surface area contributed by atoms with E-state index in [-0.39, 0.29) is 0 Å².